The lowest BCUT2D eigenvalue weighted by Gasteiger charge is -2.35. The van der Waals surface area contributed by atoms with E-state index in [1.165, 1.54) is 0 Å². The van der Waals surface area contributed by atoms with Crippen LogP contribution in [0.3, 0.4) is 0 Å². The van der Waals surface area contributed by atoms with Gasteiger partial charge in [-0.3, -0.25) is 4.79 Å². The lowest BCUT2D eigenvalue weighted by molar-refractivity contribution is -0.124. The number of nitrogens with one attached hydrogen (secondary N) is 3. The van der Waals surface area contributed by atoms with Crippen LogP contribution in [0.5, 0.6) is 0 Å². The van der Waals surface area contributed by atoms with Crippen molar-refractivity contribution < 1.29 is 9.59 Å². The van der Waals surface area contributed by atoms with Crippen LogP contribution < -0.4 is 20.9 Å². The number of anilines is 2. The summed E-state index contributed by atoms with van der Waals surface area (Å²) in [5, 5.41) is 8.60. The number of piperazine rings is 1. The van der Waals surface area contributed by atoms with Crippen LogP contribution in [0.15, 0.2) is 54.6 Å². The van der Waals surface area contributed by atoms with E-state index in [2.05, 4.69) is 38.9 Å². The predicted octanol–water partition coefficient (Wildman–Crippen LogP) is 2.90. The summed E-state index contributed by atoms with van der Waals surface area (Å²) in [6, 6.07) is 16.4. The van der Waals surface area contributed by atoms with Gasteiger partial charge in [-0.25, -0.2) is 4.79 Å². The minimum Gasteiger partial charge on any atom is -0.369 e. The van der Waals surface area contributed by atoms with E-state index in [1.54, 1.807) is 12.1 Å². The summed E-state index contributed by atoms with van der Waals surface area (Å²) in [7, 11) is 2.14. The Labute approximate surface area is 184 Å². The Bertz CT molecular complexity index is 863. The molecule has 0 radical (unpaired) electrons. The van der Waals surface area contributed by atoms with Crippen LogP contribution >= 0.6 is 0 Å². The highest BCUT2D eigenvalue weighted by Gasteiger charge is 2.24. The summed E-state index contributed by atoms with van der Waals surface area (Å²) in [6.45, 7) is 8.25. The molecule has 166 valence electrons. The first-order valence-corrected chi connectivity index (χ1v) is 10.9. The number of rotatable bonds is 7. The van der Waals surface area contributed by atoms with E-state index in [1.807, 2.05) is 50.2 Å². The SMILES string of the molecule is CC(C)C(NC(=O)Nc1ccccc1)C(=O)NCc1ccccc1N1CCN(C)CC1. The van der Waals surface area contributed by atoms with Crippen LogP contribution in [-0.2, 0) is 11.3 Å². The van der Waals surface area contributed by atoms with Crippen molar-refractivity contribution in [2.75, 3.05) is 43.4 Å². The summed E-state index contributed by atoms with van der Waals surface area (Å²) >= 11 is 0. The van der Waals surface area contributed by atoms with Gasteiger partial charge in [0, 0.05) is 44.1 Å². The molecule has 2 aromatic rings. The van der Waals surface area contributed by atoms with E-state index < -0.39 is 12.1 Å². The lowest BCUT2D eigenvalue weighted by atomic mass is 10.0. The molecule has 0 bridgehead atoms. The van der Waals surface area contributed by atoms with Crippen molar-refractivity contribution in [3.63, 3.8) is 0 Å². The minimum atomic E-state index is -0.625. The number of benzene rings is 2. The molecule has 3 N–H and O–H groups in total. The molecule has 1 aliphatic heterocycles. The van der Waals surface area contributed by atoms with Gasteiger partial charge in [0.25, 0.3) is 0 Å². The summed E-state index contributed by atoms with van der Waals surface area (Å²) in [4.78, 5) is 30.0. The molecule has 0 aliphatic carbocycles. The summed E-state index contributed by atoms with van der Waals surface area (Å²) in [5.41, 5.74) is 2.92. The molecule has 1 unspecified atom stereocenters. The summed E-state index contributed by atoms with van der Waals surface area (Å²) in [6.07, 6.45) is 0. The zero-order valence-corrected chi connectivity index (χ0v) is 18.6. The molecule has 7 heteroatoms. The molecular weight excluding hydrogens is 390 g/mol. The second kappa shape index (κ2) is 10.8. The Morgan fingerprint density at radius 1 is 0.935 bits per heavy atom. The number of carbonyl (C=O) groups is 2. The lowest BCUT2D eigenvalue weighted by Crippen LogP contribution is -2.50. The average molecular weight is 424 g/mol. The van der Waals surface area contributed by atoms with Gasteiger partial charge in [0.15, 0.2) is 0 Å². The number of amides is 3. The molecule has 3 rings (SSSR count). The van der Waals surface area contributed by atoms with Gasteiger partial charge in [0.1, 0.15) is 6.04 Å². The van der Waals surface area contributed by atoms with E-state index >= 15 is 0 Å². The summed E-state index contributed by atoms with van der Waals surface area (Å²) in [5.74, 6) is -0.235. The zero-order chi connectivity index (χ0) is 22.2. The van der Waals surface area contributed by atoms with Gasteiger partial charge in [-0.1, -0.05) is 50.2 Å². The maximum atomic E-state index is 12.9. The van der Waals surface area contributed by atoms with E-state index in [4.69, 9.17) is 0 Å². The second-order valence-corrected chi connectivity index (χ2v) is 8.32. The summed E-state index contributed by atoms with van der Waals surface area (Å²) < 4.78 is 0. The standard InChI is InChI=1S/C24H33N5O2/c1-18(2)22(27-24(31)26-20-10-5-4-6-11-20)23(30)25-17-19-9-7-8-12-21(19)29-15-13-28(3)14-16-29/h4-12,18,22H,13-17H2,1-3H3,(H,25,30)(H2,26,27,31). The molecule has 1 heterocycles. The van der Waals surface area contributed by atoms with Crippen LogP contribution in [0.4, 0.5) is 16.2 Å². The molecule has 0 aromatic heterocycles. The molecule has 2 aromatic carbocycles. The molecular formula is C24H33N5O2. The molecule has 1 aliphatic rings. The third-order valence-corrected chi connectivity index (χ3v) is 5.56. The van der Waals surface area contributed by atoms with Crippen LogP contribution in [0.1, 0.15) is 19.4 Å². The largest absolute Gasteiger partial charge is 0.369 e. The average Bonchev–Trinajstić information content (AvgIpc) is 2.77. The number of urea groups is 1. The fourth-order valence-electron chi connectivity index (χ4n) is 3.67. The third kappa shape index (κ3) is 6.46. The monoisotopic (exact) mass is 423 g/mol. The van der Waals surface area contributed by atoms with Crippen molar-refractivity contribution in [1.82, 2.24) is 15.5 Å². The van der Waals surface area contributed by atoms with E-state index in [9.17, 15) is 9.59 Å². The molecule has 0 saturated carbocycles. The molecule has 1 saturated heterocycles. The van der Waals surface area contributed by atoms with Gasteiger partial charge >= 0.3 is 6.03 Å². The predicted molar refractivity (Wildman–Crippen MR) is 125 cm³/mol. The van der Waals surface area contributed by atoms with Crippen LogP contribution in [0, 0.1) is 5.92 Å². The van der Waals surface area contributed by atoms with Crippen LogP contribution in [0.2, 0.25) is 0 Å². The molecule has 3 amide bonds. The molecule has 31 heavy (non-hydrogen) atoms. The Balaban J connectivity index is 1.60. The number of hydrogen-bond donors (Lipinski definition) is 3. The first kappa shape index (κ1) is 22.6. The van der Waals surface area contributed by atoms with Gasteiger partial charge in [0.05, 0.1) is 0 Å². The Hall–Kier alpha value is -3.06. The van der Waals surface area contributed by atoms with Crippen molar-refractivity contribution in [1.29, 1.82) is 0 Å². The minimum absolute atomic E-state index is 0.0469. The quantitative estimate of drug-likeness (QED) is 0.640. The zero-order valence-electron chi connectivity index (χ0n) is 18.6. The number of nitrogens with zero attached hydrogens (tertiary/aromatic N) is 2. The normalized spacial score (nSPS) is 15.4. The smallest absolute Gasteiger partial charge is 0.319 e. The fraction of sp³-hybridized carbons (Fsp3) is 0.417. The Morgan fingerprint density at radius 2 is 1.58 bits per heavy atom. The third-order valence-electron chi connectivity index (χ3n) is 5.56. The van der Waals surface area contributed by atoms with Gasteiger partial charge in [0.2, 0.25) is 5.91 Å². The number of likely N-dealkylation sites (N-methyl/N-ethyl adjacent to an activating group) is 1. The maximum absolute atomic E-state index is 12.9. The van der Waals surface area contributed by atoms with E-state index in [0.717, 1.165) is 37.4 Å². The van der Waals surface area contributed by atoms with Crippen LogP contribution in [-0.4, -0.2) is 56.1 Å². The molecule has 1 atom stereocenters. The van der Waals surface area contributed by atoms with Crippen molar-refractivity contribution in [2.24, 2.45) is 5.92 Å². The maximum Gasteiger partial charge on any atom is 0.319 e. The van der Waals surface area contributed by atoms with Crippen molar-refractivity contribution in [3.8, 4) is 0 Å². The van der Waals surface area contributed by atoms with Crippen molar-refractivity contribution in [2.45, 2.75) is 26.4 Å². The second-order valence-electron chi connectivity index (χ2n) is 8.32. The molecule has 0 spiro atoms. The van der Waals surface area contributed by atoms with Crippen molar-refractivity contribution in [3.05, 3.63) is 60.2 Å². The number of para-hydroxylation sites is 2. The van der Waals surface area contributed by atoms with Gasteiger partial charge in [-0.2, -0.15) is 0 Å². The molecule has 7 nitrogen and oxygen atoms in total. The highest BCUT2D eigenvalue weighted by atomic mass is 16.2. The highest BCUT2D eigenvalue weighted by molar-refractivity contribution is 5.93. The Kier molecular flexibility index (Phi) is 7.89. The topological polar surface area (TPSA) is 76.7 Å². The van der Waals surface area contributed by atoms with Gasteiger partial charge in [-0.15, -0.1) is 0 Å². The fourth-order valence-corrected chi connectivity index (χ4v) is 3.67. The van der Waals surface area contributed by atoms with Crippen LogP contribution in [0.25, 0.3) is 0 Å². The van der Waals surface area contributed by atoms with E-state index in [0.29, 0.717) is 12.2 Å². The number of hydrogen-bond acceptors (Lipinski definition) is 4. The Morgan fingerprint density at radius 3 is 2.26 bits per heavy atom. The highest BCUT2D eigenvalue weighted by Crippen LogP contribution is 2.21. The molecule has 1 fully saturated rings. The van der Waals surface area contributed by atoms with Gasteiger partial charge in [-0.05, 0) is 36.7 Å². The first-order valence-electron chi connectivity index (χ1n) is 10.9. The van der Waals surface area contributed by atoms with Gasteiger partial charge < -0.3 is 25.8 Å². The van der Waals surface area contributed by atoms with Crippen molar-refractivity contribution >= 4 is 23.3 Å². The van der Waals surface area contributed by atoms with E-state index in [-0.39, 0.29) is 11.8 Å². The first-order chi connectivity index (χ1) is 14.9. The number of carbonyl (C=O) groups excluding carboxylic acids is 2.